The second kappa shape index (κ2) is 6.66. The Morgan fingerprint density at radius 2 is 1.70 bits per heavy atom. The molecule has 1 aromatic heterocycles. The molecule has 0 bridgehead atoms. The highest BCUT2D eigenvalue weighted by Crippen LogP contribution is 2.13. The molecule has 23 heavy (non-hydrogen) atoms. The highest BCUT2D eigenvalue weighted by Gasteiger charge is 2.26. The fourth-order valence-electron chi connectivity index (χ4n) is 2.68. The molecule has 1 fully saturated rings. The van der Waals surface area contributed by atoms with Gasteiger partial charge in [0.25, 0.3) is 11.8 Å². The first-order valence-electron chi connectivity index (χ1n) is 7.60. The monoisotopic (exact) mass is 313 g/mol. The van der Waals surface area contributed by atoms with Gasteiger partial charge in [0.2, 0.25) is 0 Å². The van der Waals surface area contributed by atoms with E-state index in [1.54, 1.807) is 28.0 Å². The van der Waals surface area contributed by atoms with Gasteiger partial charge in [-0.05, 0) is 29.8 Å². The van der Waals surface area contributed by atoms with Gasteiger partial charge in [0.1, 0.15) is 0 Å². The van der Waals surface area contributed by atoms with Crippen molar-refractivity contribution < 1.29 is 14.0 Å². The van der Waals surface area contributed by atoms with Crippen molar-refractivity contribution in [3.05, 3.63) is 59.5 Å². The molecule has 1 saturated heterocycles. The summed E-state index contributed by atoms with van der Waals surface area (Å²) >= 11 is 0. The SMILES string of the molecule is NCc1cccc(C(=O)N2CCN(C(=O)c3ccco3)CC2)c1. The first-order valence-corrected chi connectivity index (χ1v) is 7.60. The second-order valence-corrected chi connectivity index (χ2v) is 5.47. The Bertz CT molecular complexity index is 689. The number of carbonyl (C=O) groups excluding carboxylic acids is 2. The molecule has 0 saturated carbocycles. The Balaban J connectivity index is 1.62. The molecule has 2 heterocycles. The van der Waals surface area contributed by atoms with E-state index in [0.717, 1.165) is 5.56 Å². The van der Waals surface area contributed by atoms with Crippen LogP contribution in [-0.2, 0) is 6.54 Å². The number of piperazine rings is 1. The third-order valence-corrected chi connectivity index (χ3v) is 4.00. The van der Waals surface area contributed by atoms with Crippen LogP contribution in [0.25, 0.3) is 0 Å². The maximum Gasteiger partial charge on any atom is 0.289 e. The molecule has 6 heteroatoms. The van der Waals surface area contributed by atoms with Gasteiger partial charge in [-0.1, -0.05) is 12.1 Å². The van der Waals surface area contributed by atoms with Gasteiger partial charge in [0.05, 0.1) is 6.26 Å². The Kier molecular flexibility index (Phi) is 4.43. The van der Waals surface area contributed by atoms with Crippen molar-refractivity contribution in [3.63, 3.8) is 0 Å². The number of amides is 2. The quantitative estimate of drug-likeness (QED) is 0.927. The van der Waals surface area contributed by atoms with Crippen molar-refractivity contribution in [1.82, 2.24) is 9.80 Å². The number of rotatable bonds is 3. The van der Waals surface area contributed by atoms with Gasteiger partial charge < -0.3 is 20.0 Å². The van der Waals surface area contributed by atoms with Gasteiger partial charge in [0.15, 0.2) is 5.76 Å². The fraction of sp³-hybridized carbons (Fsp3) is 0.294. The smallest absolute Gasteiger partial charge is 0.289 e. The third-order valence-electron chi connectivity index (χ3n) is 4.00. The topological polar surface area (TPSA) is 79.8 Å². The zero-order valence-corrected chi connectivity index (χ0v) is 12.8. The van der Waals surface area contributed by atoms with E-state index in [-0.39, 0.29) is 11.8 Å². The average Bonchev–Trinajstić information content (AvgIpc) is 3.15. The summed E-state index contributed by atoms with van der Waals surface area (Å²) in [6, 6.07) is 10.7. The van der Waals surface area contributed by atoms with E-state index in [1.807, 2.05) is 18.2 Å². The summed E-state index contributed by atoms with van der Waals surface area (Å²) in [4.78, 5) is 28.2. The largest absolute Gasteiger partial charge is 0.459 e. The Hall–Kier alpha value is -2.60. The molecule has 2 N–H and O–H groups in total. The normalized spacial score (nSPS) is 14.8. The number of carbonyl (C=O) groups is 2. The molecule has 0 atom stereocenters. The Morgan fingerprint density at radius 1 is 1.00 bits per heavy atom. The number of furan rings is 1. The number of benzene rings is 1. The Labute approximate surface area is 134 Å². The molecule has 0 unspecified atom stereocenters. The minimum atomic E-state index is -0.132. The van der Waals surface area contributed by atoms with Crippen molar-refractivity contribution in [3.8, 4) is 0 Å². The van der Waals surface area contributed by atoms with Crippen LogP contribution in [0.2, 0.25) is 0 Å². The maximum atomic E-state index is 12.5. The number of nitrogens with two attached hydrogens (primary N) is 1. The molecule has 0 spiro atoms. The summed E-state index contributed by atoms with van der Waals surface area (Å²) in [5.74, 6) is 0.179. The van der Waals surface area contributed by atoms with Crippen molar-refractivity contribution >= 4 is 11.8 Å². The second-order valence-electron chi connectivity index (χ2n) is 5.47. The van der Waals surface area contributed by atoms with Gasteiger partial charge in [-0.15, -0.1) is 0 Å². The minimum Gasteiger partial charge on any atom is -0.459 e. The summed E-state index contributed by atoms with van der Waals surface area (Å²) < 4.78 is 5.13. The highest BCUT2D eigenvalue weighted by molar-refractivity contribution is 5.95. The highest BCUT2D eigenvalue weighted by atomic mass is 16.3. The molecule has 0 aliphatic carbocycles. The minimum absolute atomic E-state index is 0.0228. The molecule has 3 rings (SSSR count). The van der Waals surface area contributed by atoms with Crippen molar-refractivity contribution in [2.45, 2.75) is 6.54 Å². The van der Waals surface area contributed by atoms with E-state index in [9.17, 15) is 9.59 Å². The van der Waals surface area contributed by atoms with Gasteiger partial charge in [0, 0.05) is 38.3 Å². The Morgan fingerprint density at radius 3 is 2.30 bits per heavy atom. The van der Waals surface area contributed by atoms with Crippen LogP contribution in [0, 0.1) is 0 Å². The van der Waals surface area contributed by atoms with Crippen molar-refractivity contribution in [1.29, 1.82) is 0 Å². The molecule has 120 valence electrons. The summed E-state index contributed by atoms with van der Waals surface area (Å²) in [7, 11) is 0. The molecule has 1 aromatic carbocycles. The molecule has 2 amide bonds. The fourth-order valence-corrected chi connectivity index (χ4v) is 2.68. The molecule has 0 radical (unpaired) electrons. The molecule has 1 aliphatic rings. The summed E-state index contributed by atoms with van der Waals surface area (Å²) in [5.41, 5.74) is 7.19. The van der Waals surface area contributed by atoms with Crippen LogP contribution in [0.15, 0.2) is 47.1 Å². The molecule has 1 aliphatic heterocycles. The van der Waals surface area contributed by atoms with Crippen molar-refractivity contribution in [2.75, 3.05) is 26.2 Å². The first kappa shape index (κ1) is 15.3. The van der Waals surface area contributed by atoms with Gasteiger partial charge in [-0.2, -0.15) is 0 Å². The lowest BCUT2D eigenvalue weighted by Gasteiger charge is -2.34. The zero-order chi connectivity index (χ0) is 16.2. The lowest BCUT2D eigenvalue weighted by Crippen LogP contribution is -2.50. The summed E-state index contributed by atoms with van der Waals surface area (Å²) in [6.45, 7) is 2.44. The van der Waals surface area contributed by atoms with E-state index in [1.165, 1.54) is 6.26 Å². The standard InChI is InChI=1S/C17H19N3O3/c18-12-13-3-1-4-14(11-13)16(21)19-6-8-20(9-7-19)17(22)15-5-2-10-23-15/h1-5,10-11H,6-9,12,18H2. The zero-order valence-electron chi connectivity index (χ0n) is 12.8. The van der Waals surface area contributed by atoms with Crippen LogP contribution < -0.4 is 5.73 Å². The van der Waals surface area contributed by atoms with E-state index in [4.69, 9.17) is 10.2 Å². The number of hydrogen-bond donors (Lipinski definition) is 1. The van der Waals surface area contributed by atoms with Gasteiger partial charge in [-0.3, -0.25) is 9.59 Å². The summed E-state index contributed by atoms with van der Waals surface area (Å²) in [6.07, 6.45) is 1.48. The lowest BCUT2D eigenvalue weighted by atomic mass is 10.1. The molecular weight excluding hydrogens is 294 g/mol. The van der Waals surface area contributed by atoms with Gasteiger partial charge >= 0.3 is 0 Å². The van der Waals surface area contributed by atoms with Crippen LogP contribution in [0.5, 0.6) is 0 Å². The summed E-state index contributed by atoms with van der Waals surface area (Å²) in [5, 5.41) is 0. The van der Waals surface area contributed by atoms with E-state index in [2.05, 4.69) is 0 Å². The van der Waals surface area contributed by atoms with Crippen LogP contribution in [0.4, 0.5) is 0 Å². The average molecular weight is 313 g/mol. The van der Waals surface area contributed by atoms with Crippen LogP contribution in [0.1, 0.15) is 26.5 Å². The first-order chi connectivity index (χ1) is 11.2. The predicted octanol–water partition coefficient (Wildman–Crippen LogP) is 1.34. The number of nitrogens with zero attached hydrogens (tertiary/aromatic N) is 2. The molecule has 6 nitrogen and oxygen atoms in total. The third kappa shape index (κ3) is 3.27. The van der Waals surface area contributed by atoms with Crippen LogP contribution >= 0.6 is 0 Å². The molecular formula is C17H19N3O3. The van der Waals surface area contributed by atoms with Crippen LogP contribution in [0.3, 0.4) is 0 Å². The predicted molar refractivity (Wildman–Crippen MR) is 84.8 cm³/mol. The van der Waals surface area contributed by atoms with Crippen LogP contribution in [-0.4, -0.2) is 47.8 Å². The molecule has 2 aromatic rings. The van der Waals surface area contributed by atoms with Crippen molar-refractivity contribution in [2.24, 2.45) is 5.73 Å². The van der Waals surface area contributed by atoms with E-state index < -0.39 is 0 Å². The number of hydrogen-bond acceptors (Lipinski definition) is 4. The van der Waals surface area contributed by atoms with E-state index >= 15 is 0 Å². The maximum absolute atomic E-state index is 12.5. The van der Waals surface area contributed by atoms with E-state index in [0.29, 0.717) is 44.0 Å². The lowest BCUT2D eigenvalue weighted by molar-refractivity contribution is 0.0518. The van der Waals surface area contributed by atoms with Gasteiger partial charge in [-0.25, -0.2) is 0 Å².